The molecule has 1 aliphatic carbocycles. The number of aliphatic hydroxyl groups excluding tert-OH is 1. The first-order chi connectivity index (χ1) is 16.1. The van der Waals surface area contributed by atoms with E-state index < -0.39 is 5.54 Å². The van der Waals surface area contributed by atoms with E-state index in [0.717, 1.165) is 42.6 Å². The molecule has 0 bridgehead atoms. The number of nitrogens with one attached hydrogen (secondary N) is 3. The molecule has 1 aliphatic heterocycles. The maximum Gasteiger partial charge on any atom is 0.255 e. The lowest BCUT2D eigenvalue weighted by Crippen LogP contribution is -2.49. The molecule has 1 aromatic carbocycles. The number of anilines is 1. The lowest BCUT2D eigenvalue weighted by atomic mass is 9.97. The standard InChI is InChI=1S/C26H35N5O3/c1-16-5-6-18(24(33)29-20-7-8-20)9-21(16)19-10-22(23(27-12-19)30-26(2,3)15-32)25(34)28-11-17-13-31(4)14-17/h5-6,9-10,12,17,20,32H,7-8,11,13-15H2,1-4H3,(H,27,30)(H,28,34)(H,29,33). The van der Waals surface area contributed by atoms with Gasteiger partial charge in [-0.15, -0.1) is 0 Å². The van der Waals surface area contributed by atoms with Gasteiger partial charge in [-0.3, -0.25) is 9.59 Å². The summed E-state index contributed by atoms with van der Waals surface area (Å²) in [6.07, 6.45) is 3.77. The molecule has 1 aromatic heterocycles. The summed E-state index contributed by atoms with van der Waals surface area (Å²) in [6.45, 7) is 8.11. The van der Waals surface area contributed by atoms with Crippen LogP contribution in [0.3, 0.4) is 0 Å². The number of amides is 2. The van der Waals surface area contributed by atoms with Crippen LogP contribution in [0.25, 0.3) is 11.1 Å². The Labute approximate surface area is 201 Å². The number of aryl methyl sites for hydroxylation is 1. The maximum atomic E-state index is 13.2. The topological polar surface area (TPSA) is 107 Å². The van der Waals surface area contributed by atoms with Crippen LogP contribution in [-0.2, 0) is 0 Å². The van der Waals surface area contributed by atoms with Crippen molar-refractivity contribution in [2.24, 2.45) is 5.92 Å². The Morgan fingerprint density at radius 3 is 2.56 bits per heavy atom. The van der Waals surface area contributed by atoms with E-state index in [1.807, 2.05) is 45.0 Å². The van der Waals surface area contributed by atoms with Crippen molar-refractivity contribution in [3.05, 3.63) is 47.2 Å². The molecule has 0 atom stereocenters. The highest BCUT2D eigenvalue weighted by molar-refractivity contribution is 6.00. The zero-order valence-electron chi connectivity index (χ0n) is 20.4. The van der Waals surface area contributed by atoms with Crippen LogP contribution in [0.4, 0.5) is 5.82 Å². The molecular formula is C26H35N5O3. The summed E-state index contributed by atoms with van der Waals surface area (Å²) < 4.78 is 0. The van der Waals surface area contributed by atoms with Gasteiger partial charge in [-0.05, 0) is 70.0 Å². The van der Waals surface area contributed by atoms with Gasteiger partial charge in [0.15, 0.2) is 0 Å². The molecule has 4 rings (SSSR count). The van der Waals surface area contributed by atoms with E-state index in [9.17, 15) is 14.7 Å². The molecule has 0 spiro atoms. The van der Waals surface area contributed by atoms with E-state index in [2.05, 4.69) is 32.9 Å². The molecule has 2 heterocycles. The molecule has 182 valence electrons. The van der Waals surface area contributed by atoms with Gasteiger partial charge in [0.25, 0.3) is 11.8 Å². The maximum absolute atomic E-state index is 13.2. The Bertz CT molecular complexity index is 1070. The lowest BCUT2D eigenvalue weighted by molar-refractivity contribution is 0.0897. The van der Waals surface area contributed by atoms with Crippen LogP contribution in [0.2, 0.25) is 0 Å². The molecule has 34 heavy (non-hydrogen) atoms. The fourth-order valence-electron chi connectivity index (χ4n) is 4.10. The monoisotopic (exact) mass is 465 g/mol. The minimum absolute atomic E-state index is 0.0804. The lowest BCUT2D eigenvalue weighted by Gasteiger charge is -2.36. The third-order valence-electron chi connectivity index (χ3n) is 6.40. The molecular weight excluding hydrogens is 430 g/mol. The van der Waals surface area contributed by atoms with E-state index in [0.29, 0.717) is 29.4 Å². The van der Waals surface area contributed by atoms with Crippen molar-refractivity contribution in [2.75, 3.05) is 38.6 Å². The normalized spacial score (nSPS) is 16.6. The molecule has 2 aliphatic rings. The second kappa shape index (κ2) is 9.72. The predicted molar refractivity (Wildman–Crippen MR) is 133 cm³/mol. The second-order valence-electron chi connectivity index (χ2n) is 10.4. The van der Waals surface area contributed by atoms with Gasteiger partial charge in [0.2, 0.25) is 0 Å². The number of rotatable bonds is 9. The van der Waals surface area contributed by atoms with Crippen molar-refractivity contribution in [3.63, 3.8) is 0 Å². The van der Waals surface area contributed by atoms with Crippen LogP contribution in [0, 0.1) is 12.8 Å². The fourth-order valence-corrected chi connectivity index (χ4v) is 4.10. The van der Waals surface area contributed by atoms with Crippen molar-refractivity contribution in [1.29, 1.82) is 0 Å². The smallest absolute Gasteiger partial charge is 0.255 e. The summed E-state index contributed by atoms with van der Waals surface area (Å²) in [5.41, 5.74) is 2.98. The molecule has 0 radical (unpaired) electrons. The molecule has 2 fully saturated rings. The Morgan fingerprint density at radius 2 is 1.91 bits per heavy atom. The molecule has 8 heteroatoms. The number of carbonyl (C=O) groups is 2. The summed E-state index contributed by atoms with van der Waals surface area (Å²) in [5.74, 6) is 0.578. The third-order valence-corrected chi connectivity index (χ3v) is 6.40. The first-order valence-electron chi connectivity index (χ1n) is 11.9. The van der Waals surface area contributed by atoms with E-state index in [-0.39, 0.29) is 24.5 Å². The predicted octanol–water partition coefficient (Wildman–Crippen LogP) is 2.42. The molecule has 2 aromatic rings. The highest BCUT2D eigenvalue weighted by atomic mass is 16.3. The molecule has 8 nitrogen and oxygen atoms in total. The number of nitrogens with zero attached hydrogens (tertiary/aromatic N) is 2. The van der Waals surface area contributed by atoms with Crippen LogP contribution in [0.15, 0.2) is 30.5 Å². The highest BCUT2D eigenvalue weighted by Crippen LogP contribution is 2.29. The summed E-state index contributed by atoms with van der Waals surface area (Å²) in [4.78, 5) is 32.6. The van der Waals surface area contributed by atoms with Crippen molar-refractivity contribution < 1.29 is 14.7 Å². The third kappa shape index (κ3) is 5.74. The van der Waals surface area contributed by atoms with Crippen LogP contribution in [0.5, 0.6) is 0 Å². The van der Waals surface area contributed by atoms with E-state index >= 15 is 0 Å². The van der Waals surface area contributed by atoms with Crippen molar-refractivity contribution in [1.82, 2.24) is 20.5 Å². The largest absolute Gasteiger partial charge is 0.394 e. The number of carbonyl (C=O) groups excluding carboxylic acids is 2. The van der Waals surface area contributed by atoms with E-state index in [4.69, 9.17) is 0 Å². The molecule has 1 saturated heterocycles. The first-order valence-corrected chi connectivity index (χ1v) is 11.9. The van der Waals surface area contributed by atoms with Gasteiger partial charge in [-0.25, -0.2) is 4.98 Å². The average Bonchev–Trinajstić information content (AvgIpc) is 3.60. The number of pyridine rings is 1. The van der Waals surface area contributed by atoms with Gasteiger partial charge in [0.05, 0.1) is 17.7 Å². The quantitative estimate of drug-likeness (QED) is 0.453. The fraction of sp³-hybridized carbons (Fsp3) is 0.500. The SMILES string of the molecule is Cc1ccc(C(=O)NC2CC2)cc1-c1cnc(NC(C)(C)CO)c(C(=O)NCC2CN(C)C2)c1. The summed E-state index contributed by atoms with van der Waals surface area (Å²) in [7, 11) is 2.06. The van der Waals surface area contributed by atoms with Gasteiger partial charge in [-0.1, -0.05) is 6.07 Å². The summed E-state index contributed by atoms with van der Waals surface area (Å²) in [5, 5.41) is 19.0. The zero-order valence-corrected chi connectivity index (χ0v) is 20.4. The van der Waals surface area contributed by atoms with Gasteiger partial charge in [0.1, 0.15) is 5.82 Å². The van der Waals surface area contributed by atoms with Crippen LogP contribution in [-0.4, -0.2) is 71.7 Å². The molecule has 4 N–H and O–H groups in total. The number of aromatic nitrogens is 1. The van der Waals surface area contributed by atoms with Crippen LogP contribution < -0.4 is 16.0 Å². The summed E-state index contributed by atoms with van der Waals surface area (Å²) >= 11 is 0. The van der Waals surface area contributed by atoms with E-state index in [1.165, 1.54) is 0 Å². The van der Waals surface area contributed by atoms with Gasteiger partial charge in [-0.2, -0.15) is 0 Å². The minimum Gasteiger partial charge on any atom is -0.394 e. The Kier molecular flexibility index (Phi) is 6.91. The first kappa shape index (κ1) is 24.2. The number of aliphatic hydroxyl groups is 1. The average molecular weight is 466 g/mol. The number of likely N-dealkylation sites (tertiary alicyclic amines) is 1. The number of hydrogen-bond donors (Lipinski definition) is 4. The Morgan fingerprint density at radius 1 is 1.18 bits per heavy atom. The molecule has 0 unspecified atom stereocenters. The van der Waals surface area contributed by atoms with Crippen LogP contribution >= 0.6 is 0 Å². The number of benzene rings is 1. The van der Waals surface area contributed by atoms with Gasteiger partial charge < -0.3 is 26.0 Å². The van der Waals surface area contributed by atoms with Crippen LogP contribution in [0.1, 0.15) is 53.0 Å². The van der Waals surface area contributed by atoms with Crippen molar-refractivity contribution in [3.8, 4) is 11.1 Å². The van der Waals surface area contributed by atoms with E-state index in [1.54, 1.807) is 6.20 Å². The van der Waals surface area contributed by atoms with Crippen molar-refractivity contribution in [2.45, 2.75) is 45.2 Å². The highest BCUT2D eigenvalue weighted by Gasteiger charge is 2.26. The minimum atomic E-state index is -0.642. The summed E-state index contributed by atoms with van der Waals surface area (Å²) in [6, 6.07) is 7.71. The number of hydrogen-bond acceptors (Lipinski definition) is 6. The van der Waals surface area contributed by atoms with Crippen molar-refractivity contribution >= 4 is 17.6 Å². The second-order valence-corrected chi connectivity index (χ2v) is 10.4. The Balaban J connectivity index is 1.63. The van der Waals surface area contributed by atoms with Gasteiger partial charge in [0, 0.05) is 48.9 Å². The zero-order chi connectivity index (χ0) is 24.5. The van der Waals surface area contributed by atoms with Gasteiger partial charge >= 0.3 is 0 Å². The molecule has 2 amide bonds. The molecule has 1 saturated carbocycles. The Hall–Kier alpha value is -2.97.